The predicted molar refractivity (Wildman–Crippen MR) is 60.6 cm³/mol. The number of hydrogen-bond donors (Lipinski definition) is 1. The molecule has 7 nitrogen and oxygen atoms in total. The Hall–Kier alpha value is -1.47. The first-order valence-electron chi connectivity index (χ1n) is 6.12. The van der Waals surface area contributed by atoms with E-state index in [4.69, 9.17) is 4.74 Å². The van der Waals surface area contributed by atoms with Gasteiger partial charge in [-0.15, -0.1) is 5.10 Å². The first-order chi connectivity index (χ1) is 8.65. The van der Waals surface area contributed by atoms with E-state index in [-0.39, 0.29) is 24.6 Å². The highest BCUT2D eigenvalue weighted by atomic mass is 16.5. The number of morpholine rings is 1. The number of amides is 1. The Morgan fingerprint density at radius 1 is 1.56 bits per heavy atom. The second-order valence-corrected chi connectivity index (χ2v) is 4.90. The Balaban J connectivity index is 1.76. The first kappa shape index (κ1) is 11.6. The Morgan fingerprint density at radius 3 is 3.06 bits per heavy atom. The molecule has 0 radical (unpaired) electrons. The highest BCUT2D eigenvalue weighted by molar-refractivity contribution is 5.78. The van der Waals surface area contributed by atoms with Gasteiger partial charge in [-0.1, -0.05) is 5.21 Å². The third kappa shape index (κ3) is 1.89. The fourth-order valence-electron chi connectivity index (χ4n) is 2.57. The molecule has 1 amide bonds. The number of fused-ring (bicyclic) bond motifs is 1. The van der Waals surface area contributed by atoms with Gasteiger partial charge in [0.1, 0.15) is 12.3 Å². The molecule has 3 rings (SSSR count). The summed E-state index contributed by atoms with van der Waals surface area (Å²) < 4.78 is 6.99. The van der Waals surface area contributed by atoms with Crippen LogP contribution in [-0.4, -0.2) is 56.7 Å². The minimum absolute atomic E-state index is 0.0459. The first-order valence-corrected chi connectivity index (χ1v) is 6.12. The molecule has 98 valence electrons. The number of aromatic nitrogens is 3. The van der Waals surface area contributed by atoms with Crippen molar-refractivity contribution < 1.29 is 14.6 Å². The molecule has 0 saturated carbocycles. The molecule has 2 saturated heterocycles. The molecule has 3 atom stereocenters. The van der Waals surface area contributed by atoms with Crippen molar-refractivity contribution in [3.63, 3.8) is 0 Å². The smallest absolute Gasteiger partial charge is 0.248 e. The van der Waals surface area contributed by atoms with E-state index < -0.39 is 6.10 Å². The topological polar surface area (TPSA) is 80.5 Å². The molecule has 2 aliphatic heterocycles. The summed E-state index contributed by atoms with van der Waals surface area (Å²) in [7, 11) is 0. The van der Waals surface area contributed by atoms with Crippen LogP contribution < -0.4 is 0 Å². The zero-order valence-corrected chi connectivity index (χ0v) is 10.2. The summed E-state index contributed by atoms with van der Waals surface area (Å²) in [5.41, 5.74) is 0.558. The molecule has 0 unspecified atom stereocenters. The molecule has 0 aromatic carbocycles. The number of rotatable bonds is 2. The average molecular weight is 252 g/mol. The maximum atomic E-state index is 11.7. The van der Waals surface area contributed by atoms with Gasteiger partial charge in [0.2, 0.25) is 5.91 Å². The maximum absolute atomic E-state index is 11.7. The van der Waals surface area contributed by atoms with Crippen LogP contribution in [0.2, 0.25) is 0 Å². The van der Waals surface area contributed by atoms with Gasteiger partial charge in [0.05, 0.1) is 31.0 Å². The summed E-state index contributed by atoms with van der Waals surface area (Å²) in [4.78, 5) is 13.5. The molecule has 1 aromatic heterocycles. The van der Waals surface area contributed by atoms with Crippen molar-refractivity contribution in [2.45, 2.75) is 31.5 Å². The zero-order valence-electron chi connectivity index (χ0n) is 10.2. The molecule has 1 N–H and O–H groups in total. The SMILES string of the molecule is C[C@H](O)c1cn([C@@H]2C[C@@H]3COCC(=O)N3C2)nn1. The van der Waals surface area contributed by atoms with Crippen molar-refractivity contribution in [1.29, 1.82) is 0 Å². The lowest BCUT2D eigenvalue weighted by molar-refractivity contribution is -0.145. The summed E-state index contributed by atoms with van der Waals surface area (Å²) >= 11 is 0. The van der Waals surface area contributed by atoms with Crippen molar-refractivity contribution in [3.8, 4) is 0 Å². The number of carbonyl (C=O) groups excluding carboxylic acids is 1. The van der Waals surface area contributed by atoms with Crippen molar-refractivity contribution in [1.82, 2.24) is 19.9 Å². The van der Waals surface area contributed by atoms with Crippen molar-refractivity contribution >= 4 is 5.91 Å². The fraction of sp³-hybridized carbons (Fsp3) is 0.727. The second kappa shape index (κ2) is 4.33. The second-order valence-electron chi connectivity index (χ2n) is 4.90. The number of aliphatic hydroxyl groups is 1. The Labute approximate surface area is 104 Å². The number of nitrogens with zero attached hydrogens (tertiary/aromatic N) is 4. The normalized spacial score (nSPS) is 29.4. The zero-order chi connectivity index (χ0) is 12.7. The highest BCUT2D eigenvalue weighted by Gasteiger charge is 2.39. The van der Waals surface area contributed by atoms with Crippen molar-refractivity contribution in [2.75, 3.05) is 19.8 Å². The van der Waals surface area contributed by atoms with E-state index in [2.05, 4.69) is 10.3 Å². The van der Waals surface area contributed by atoms with Gasteiger partial charge in [0, 0.05) is 6.54 Å². The highest BCUT2D eigenvalue weighted by Crippen LogP contribution is 2.29. The molecule has 0 spiro atoms. The molecule has 0 aliphatic carbocycles. The standard InChI is InChI=1S/C11H16N4O3/c1-7(16)10-4-15(13-12-10)8-2-9-5-18-6-11(17)14(9)3-8/h4,7-9,16H,2-3,5-6H2,1H3/t7-,8+,9+/m0/s1. The number of hydrogen-bond acceptors (Lipinski definition) is 5. The predicted octanol–water partition coefficient (Wildman–Crippen LogP) is -0.496. The van der Waals surface area contributed by atoms with E-state index in [1.807, 2.05) is 4.90 Å². The van der Waals surface area contributed by atoms with Crippen LogP contribution in [0.15, 0.2) is 6.20 Å². The number of aliphatic hydroxyl groups excluding tert-OH is 1. The van der Waals surface area contributed by atoms with Crippen LogP contribution in [0.3, 0.4) is 0 Å². The molecular weight excluding hydrogens is 236 g/mol. The van der Waals surface area contributed by atoms with E-state index in [9.17, 15) is 9.90 Å². The average Bonchev–Trinajstić information content (AvgIpc) is 2.95. The maximum Gasteiger partial charge on any atom is 0.248 e. The summed E-state index contributed by atoms with van der Waals surface area (Å²) in [6.07, 6.45) is 1.96. The quantitative estimate of drug-likeness (QED) is 0.767. The monoisotopic (exact) mass is 252 g/mol. The van der Waals surface area contributed by atoms with E-state index >= 15 is 0 Å². The van der Waals surface area contributed by atoms with Gasteiger partial charge >= 0.3 is 0 Å². The molecule has 0 bridgehead atoms. The molecule has 3 heterocycles. The van der Waals surface area contributed by atoms with Crippen LogP contribution in [0.25, 0.3) is 0 Å². The Kier molecular flexibility index (Phi) is 2.79. The van der Waals surface area contributed by atoms with Gasteiger partial charge in [0.15, 0.2) is 0 Å². The molecule has 2 fully saturated rings. The van der Waals surface area contributed by atoms with Gasteiger partial charge in [-0.25, -0.2) is 4.68 Å². The third-order valence-electron chi connectivity index (χ3n) is 3.58. The van der Waals surface area contributed by atoms with E-state index in [1.165, 1.54) is 0 Å². The minimum Gasteiger partial charge on any atom is -0.387 e. The third-order valence-corrected chi connectivity index (χ3v) is 3.58. The molecule has 1 aromatic rings. The Morgan fingerprint density at radius 2 is 2.39 bits per heavy atom. The lowest BCUT2D eigenvalue weighted by Crippen LogP contribution is -2.45. The van der Waals surface area contributed by atoms with Crippen LogP contribution in [-0.2, 0) is 9.53 Å². The Bertz CT molecular complexity index is 459. The summed E-state index contributed by atoms with van der Waals surface area (Å²) in [5.74, 6) is 0.0459. The van der Waals surface area contributed by atoms with Crippen LogP contribution in [0.1, 0.15) is 31.2 Å². The number of carbonyl (C=O) groups is 1. The van der Waals surface area contributed by atoms with Crippen molar-refractivity contribution in [3.05, 3.63) is 11.9 Å². The van der Waals surface area contributed by atoms with E-state index in [0.717, 1.165) is 6.42 Å². The van der Waals surface area contributed by atoms with E-state index in [0.29, 0.717) is 18.8 Å². The molecule has 18 heavy (non-hydrogen) atoms. The van der Waals surface area contributed by atoms with Gasteiger partial charge in [-0.2, -0.15) is 0 Å². The largest absolute Gasteiger partial charge is 0.387 e. The summed E-state index contributed by atoms with van der Waals surface area (Å²) in [6.45, 7) is 3.08. The number of ether oxygens (including phenoxy) is 1. The van der Waals surface area contributed by atoms with Gasteiger partial charge in [0.25, 0.3) is 0 Å². The van der Waals surface area contributed by atoms with Gasteiger partial charge < -0.3 is 14.7 Å². The van der Waals surface area contributed by atoms with E-state index in [1.54, 1.807) is 17.8 Å². The molecule has 2 aliphatic rings. The summed E-state index contributed by atoms with van der Waals surface area (Å²) in [6, 6.07) is 0.274. The summed E-state index contributed by atoms with van der Waals surface area (Å²) in [5, 5.41) is 17.4. The van der Waals surface area contributed by atoms with Crippen LogP contribution in [0.5, 0.6) is 0 Å². The van der Waals surface area contributed by atoms with Gasteiger partial charge in [-0.3, -0.25) is 4.79 Å². The van der Waals surface area contributed by atoms with Crippen molar-refractivity contribution in [2.24, 2.45) is 0 Å². The van der Waals surface area contributed by atoms with Crippen LogP contribution >= 0.6 is 0 Å². The minimum atomic E-state index is -0.618. The van der Waals surface area contributed by atoms with Gasteiger partial charge in [-0.05, 0) is 13.3 Å². The van der Waals surface area contributed by atoms with Crippen LogP contribution in [0, 0.1) is 0 Å². The fourth-order valence-corrected chi connectivity index (χ4v) is 2.57. The lowest BCUT2D eigenvalue weighted by atomic mass is 10.2. The molecular formula is C11H16N4O3. The lowest BCUT2D eigenvalue weighted by Gasteiger charge is -2.28. The molecule has 7 heteroatoms. The van der Waals surface area contributed by atoms with Crippen LogP contribution in [0.4, 0.5) is 0 Å².